The molecule has 0 aliphatic rings. The van der Waals surface area contributed by atoms with Gasteiger partial charge in [0, 0.05) is 12.1 Å². The van der Waals surface area contributed by atoms with Gasteiger partial charge in [-0.05, 0) is 55.0 Å². The molecule has 0 atom stereocenters. The van der Waals surface area contributed by atoms with Crippen molar-refractivity contribution in [1.29, 1.82) is 0 Å². The summed E-state index contributed by atoms with van der Waals surface area (Å²) < 4.78 is 16.3. The van der Waals surface area contributed by atoms with Crippen LogP contribution >= 0.6 is 0 Å². The maximum atomic E-state index is 12.3. The quantitative estimate of drug-likeness (QED) is 0.159. The molecule has 1 amide bonds. The van der Waals surface area contributed by atoms with E-state index in [9.17, 15) is 19.7 Å². The average Bonchev–Trinajstić information content (AvgIpc) is 2.85. The zero-order valence-corrected chi connectivity index (χ0v) is 18.2. The Kier molecular flexibility index (Phi) is 8.28. The summed E-state index contributed by atoms with van der Waals surface area (Å²) in [6.07, 6.45) is 1.40. The lowest BCUT2D eigenvalue weighted by molar-refractivity contribution is -0.384. The van der Waals surface area contributed by atoms with Crippen LogP contribution in [0.25, 0.3) is 0 Å². The van der Waals surface area contributed by atoms with Gasteiger partial charge in [0.05, 0.1) is 23.3 Å². The molecule has 3 aromatic carbocycles. The van der Waals surface area contributed by atoms with Gasteiger partial charge >= 0.3 is 5.97 Å². The van der Waals surface area contributed by atoms with Crippen LogP contribution < -0.4 is 19.6 Å². The molecule has 174 valence electrons. The zero-order valence-electron chi connectivity index (χ0n) is 18.2. The van der Waals surface area contributed by atoms with E-state index in [0.717, 1.165) is 0 Å². The molecule has 1 N–H and O–H groups in total. The van der Waals surface area contributed by atoms with E-state index in [4.69, 9.17) is 14.2 Å². The molecule has 0 aromatic heterocycles. The number of hydrogen-bond donors (Lipinski definition) is 1. The van der Waals surface area contributed by atoms with Crippen molar-refractivity contribution in [3.8, 4) is 17.2 Å². The first-order chi connectivity index (χ1) is 16.5. The molecule has 0 aliphatic carbocycles. The average molecular weight is 463 g/mol. The Morgan fingerprint density at radius 3 is 2.41 bits per heavy atom. The molecule has 3 aromatic rings. The van der Waals surface area contributed by atoms with Gasteiger partial charge in [-0.2, -0.15) is 5.10 Å². The second-order valence-corrected chi connectivity index (χ2v) is 6.73. The van der Waals surface area contributed by atoms with Gasteiger partial charge < -0.3 is 14.2 Å². The van der Waals surface area contributed by atoms with Crippen LogP contribution in [0.3, 0.4) is 0 Å². The standard InChI is InChI=1S/C24H21N3O7/c1-2-32-22-14-17(8-13-21(22)34-24(29)18-6-4-3-5-7-18)15-25-26-23(28)16-33-20-11-9-19(10-12-20)27(30)31/h3-15H,2,16H2,1H3,(H,26,28)/b25-15-. The fourth-order valence-corrected chi connectivity index (χ4v) is 2.71. The van der Waals surface area contributed by atoms with E-state index in [0.29, 0.717) is 29.2 Å². The molecule has 0 aliphatic heterocycles. The monoisotopic (exact) mass is 463 g/mol. The van der Waals surface area contributed by atoms with Crippen LogP contribution in [0.4, 0.5) is 5.69 Å². The summed E-state index contributed by atoms with van der Waals surface area (Å²) >= 11 is 0. The molecule has 0 heterocycles. The number of nitro groups is 1. The number of esters is 1. The van der Waals surface area contributed by atoms with E-state index < -0.39 is 16.8 Å². The fraction of sp³-hybridized carbons (Fsp3) is 0.125. The Morgan fingerprint density at radius 1 is 1.00 bits per heavy atom. The third kappa shape index (κ3) is 6.89. The highest BCUT2D eigenvalue weighted by Gasteiger charge is 2.13. The number of non-ortho nitro benzene ring substituents is 1. The van der Waals surface area contributed by atoms with Gasteiger partial charge in [-0.25, -0.2) is 10.2 Å². The summed E-state index contributed by atoms with van der Waals surface area (Å²) in [5, 5.41) is 14.5. The molecule has 0 spiro atoms. The molecule has 10 heteroatoms. The highest BCUT2D eigenvalue weighted by Crippen LogP contribution is 2.29. The summed E-state index contributed by atoms with van der Waals surface area (Å²) in [5.74, 6) is -0.111. The van der Waals surface area contributed by atoms with E-state index in [1.165, 1.54) is 30.5 Å². The molecule has 34 heavy (non-hydrogen) atoms. The van der Waals surface area contributed by atoms with Crippen molar-refractivity contribution in [2.45, 2.75) is 6.92 Å². The van der Waals surface area contributed by atoms with Crippen LogP contribution in [0.2, 0.25) is 0 Å². The maximum absolute atomic E-state index is 12.3. The zero-order chi connectivity index (χ0) is 24.3. The molecule has 0 saturated carbocycles. The SMILES string of the molecule is CCOc1cc(/C=N\NC(=O)COc2ccc([N+](=O)[O-])cc2)ccc1OC(=O)c1ccccc1. The number of hydrogen-bond acceptors (Lipinski definition) is 8. The molecule has 0 fully saturated rings. The number of rotatable bonds is 10. The Balaban J connectivity index is 1.56. The number of ether oxygens (including phenoxy) is 3. The first-order valence-electron chi connectivity index (χ1n) is 10.2. The van der Waals surface area contributed by atoms with Crippen molar-refractivity contribution in [3.63, 3.8) is 0 Å². The lowest BCUT2D eigenvalue weighted by Gasteiger charge is -2.11. The van der Waals surface area contributed by atoms with Crippen LogP contribution in [0, 0.1) is 10.1 Å². The number of nitrogens with one attached hydrogen (secondary N) is 1. The third-order valence-electron chi connectivity index (χ3n) is 4.30. The lowest BCUT2D eigenvalue weighted by atomic mass is 10.2. The van der Waals surface area contributed by atoms with Crippen LogP contribution in [0.15, 0.2) is 77.9 Å². The van der Waals surface area contributed by atoms with Gasteiger partial charge in [-0.3, -0.25) is 14.9 Å². The van der Waals surface area contributed by atoms with Gasteiger partial charge in [0.1, 0.15) is 5.75 Å². The van der Waals surface area contributed by atoms with Crippen molar-refractivity contribution in [1.82, 2.24) is 5.43 Å². The van der Waals surface area contributed by atoms with Gasteiger partial charge in [0.2, 0.25) is 0 Å². The molecule has 0 unspecified atom stereocenters. The first kappa shape index (κ1) is 23.9. The van der Waals surface area contributed by atoms with E-state index in [1.54, 1.807) is 55.5 Å². The van der Waals surface area contributed by atoms with Crippen molar-refractivity contribution >= 4 is 23.8 Å². The number of nitro benzene ring substituents is 1. The van der Waals surface area contributed by atoms with E-state index in [-0.39, 0.29) is 18.0 Å². The number of carbonyl (C=O) groups is 2. The van der Waals surface area contributed by atoms with Gasteiger partial charge in [0.25, 0.3) is 11.6 Å². The summed E-state index contributed by atoms with van der Waals surface area (Å²) in [5.41, 5.74) is 3.25. The Morgan fingerprint density at radius 2 is 1.74 bits per heavy atom. The van der Waals surface area contributed by atoms with Gasteiger partial charge in [0.15, 0.2) is 18.1 Å². The normalized spacial score (nSPS) is 10.5. The number of benzene rings is 3. The molecular formula is C24H21N3O7. The second-order valence-electron chi connectivity index (χ2n) is 6.73. The number of amides is 1. The van der Waals surface area contributed by atoms with Gasteiger partial charge in [-0.15, -0.1) is 0 Å². The summed E-state index contributed by atoms with van der Waals surface area (Å²) in [6.45, 7) is 1.83. The number of carbonyl (C=O) groups excluding carboxylic acids is 2. The van der Waals surface area contributed by atoms with Crippen LogP contribution in [0.5, 0.6) is 17.2 Å². The topological polar surface area (TPSA) is 129 Å². The molecule has 0 bridgehead atoms. The molecular weight excluding hydrogens is 442 g/mol. The van der Waals surface area contributed by atoms with Crippen LogP contribution in [0.1, 0.15) is 22.8 Å². The first-order valence-corrected chi connectivity index (χ1v) is 10.2. The number of hydrazone groups is 1. The smallest absolute Gasteiger partial charge is 0.343 e. The predicted molar refractivity (Wildman–Crippen MR) is 123 cm³/mol. The second kappa shape index (κ2) is 11.8. The van der Waals surface area contributed by atoms with Crippen molar-refractivity contribution in [2.24, 2.45) is 5.10 Å². The van der Waals surface area contributed by atoms with Crippen LogP contribution in [-0.2, 0) is 4.79 Å². The minimum atomic E-state index is -0.526. The highest BCUT2D eigenvalue weighted by molar-refractivity contribution is 5.91. The minimum Gasteiger partial charge on any atom is -0.490 e. The largest absolute Gasteiger partial charge is 0.490 e. The van der Waals surface area contributed by atoms with Crippen molar-refractivity contribution in [2.75, 3.05) is 13.2 Å². The third-order valence-corrected chi connectivity index (χ3v) is 4.30. The Labute approximate surface area is 194 Å². The predicted octanol–water partition coefficient (Wildman–Crippen LogP) is 3.74. The maximum Gasteiger partial charge on any atom is 0.343 e. The van der Waals surface area contributed by atoms with E-state index >= 15 is 0 Å². The molecule has 10 nitrogen and oxygen atoms in total. The molecule has 0 radical (unpaired) electrons. The number of nitrogens with zero attached hydrogens (tertiary/aromatic N) is 2. The van der Waals surface area contributed by atoms with Crippen LogP contribution in [-0.4, -0.2) is 36.2 Å². The molecule has 0 saturated heterocycles. The Hall–Kier alpha value is -4.73. The lowest BCUT2D eigenvalue weighted by Crippen LogP contribution is -2.24. The summed E-state index contributed by atoms with van der Waals surface area (Å²) in [6, 6.07) is 18.8. The summed E-state index contributed by atoms with van der Waals surface area (Å²) in [7, 11) is 0. The Bertz CT molecular complexity index is 1180. The van der Waals surface area contributed by atoms with E-state index in [2.05, 4.69) is 10.5 Å². The van der Waals surface area contributed by atoms with Gasteiger partial charge in [-0.1, -0.05) is 18.2 Å². The summed E-state index contributed by atoms with van der Waals surface area (Å²) in [4.78, 5) is 34.4. The van der Waals surface area contributed by atoms with Crippen molar-refractivity contribution < 1.29 is 28.7 Å². The van der Waals surface area contributed by atoms with Crippen molar-refractivity contribution in [3.05, 3.63) is 94.0 Å². The van der Waals surface area contributed by atoms with E-state index in [1.807, 2.05) is 0 Å². The minimum absolute atomic E-state index is 0.0753. The fourth-order valence-electron chi connectivity index (χ4n) is 2.71. The molecule has 3 rings (SSSR count). The highest BCUT2D eigenvalue weighted by atomic mass is 16.6.